The number of pyridine rings is 1. The van der Waals surface area contributed by atoms with Crippen molar-refractivity contribution < 1.29 is 4.79 Å². The van der Waals surface area contributed by atoms with Crippen molar-refractivity contribution in [3.8, 4) is 22.5 Å². The predicted molar refractivity (Wildman–Crippen MR) is 139 cm³/mol. The van der Waals surface area contributed by atoms with Crippen molar-refractivity contribution in [2.45, 2.75) is 25.8 Å². The minimum absolute atomic E-state index is 0.291. The molecule has 5 aromatic rings. The standard InChI is InChI=1S/C28H25N5OS/c34-28(21-5-6-21)32-12-10-18(15-32)16-33-25-9-11-29-14-24(25)31-27(33)20-3-1-19(2-4-20)22-7-8-26-23(13-22)30-17-35-26/h1-4,7-9,11,13-14,17-18,21H,5-6,10,12,15-16H2/t18-/m0/s1. The molecule has 2 aliphatic rings. The van der Waals surface area contributed by atoms with Crippen LogP contribution >= 0.6 is 11.3 Å². The summed E-state index contributed by atoms with van der Waals surface area (Å²) in [6.07, 6.45) is 6.85. The van der Waals surface area contributed by atoms with Crippen molar-refractivity contribution in [1.82, 2.24) is 24.4 Å². The van der Waals surface area contributed by atoms with Crippen LogP contribution in [0, 0.1) is 11.8 Å². The molecule has 2 fully saturated rings. The largest absolute Gasteiger partial charge is 0.342 e. The highest BCUT2D eigenvalue weighted by Gasteiger charge is 2.36. The SMILES string of the molecule is O=C(C1CC1)N1CC[C@H](Cn2c(-c3ccc(-c4ccc5scnc5c4)cc3)nc3cnccc32)C1. The molecule has 3 aromatic heterocycles. The number of amides is 1. The maximum Gasteiger partial charge on any atom is 0.225 e. The first kappa shape index (κ1) is 20.8. The van der Waals surface area contributed by atoms with E-state index in [1.165, 1.54) is 10.3 Å². The van der Waals surface area contributed by atoms with Gasteiger partial charge in [-0.3, -0.25) is 9.78 Å². The Kier molecular flexibility index (Phi) is 4.91. The number of nitrogens with zero attached hydrogens (tertiary/aromatic N) is 5. The van der Waals surface area contributed by atoms with Gasteiger partial charge in [0.25, 0.3) is 0 Å². The lowest BCUT2D eigenvalue weighted by atomic mass is 10.0. The van der Waals surface area contributed by atoms with Crippen LogP contribution in [0.25, 0.3) is 43.8 Å². The Morgan fingerprint density at radius 2 is 1.80 bits per heavy atom. The summed E-state index contributed by atoms with van der Waals surface area (Å²) in [5.41, 5.74) is 8.35. The molecule has 35 heavy (non-hydrogen) atoms. The van der Waals surface area contributed by atoms with Crippen LogP contribution in [0.15, 0.2) is 66.4 Å². The Balaban J connectivity index is 1.19. The lowest BCUT2D eigenvalue weighted by Gasteiger charge is -2.18. The molecule has 2 aromatic carbocycles. The predicted octanol–water partition coefficient (Wildman–Crippen LogP) is 5.63. The molecule has 1 aliphatic carbocycles. The van der Waals surface area contributed by atoms with Crippen LogP contribution in [0.1, 0.15) is 19.3 Å². The average Bonchev–Trinajstić information content (AvgIpc) is 3.30. The molecule has 0 spiro atoms. The maximum atomic E-state index is 12.6. The zero-order valence-corrected chi connectivity index (χ0v) is 20.1. The summed E-state index contributed by atoms with van der Waals surface area (Å²) in [6.45, 7) is 2.58. The molecule has 0 radical (unpaired) electrons. The second-order valence-electron chi connectivity index (χ2n) is 9.74. The van der Waals surface area contributed by atoms with Crippen molar-refractivity contribution in [2.24, 2.45) is 11.8 Å². The fraction of sp³-hybridized carbons (Fsp3) is 0.286. The van der Waals surface area contributed by atoms with Crippen LogP contribution in [0.3, 0.4) is 0 Å². The van der Waals surface area contributed by atoms with Gasteiger partial charge in [0.15, 0.2) is 0 Å². The third-order valence-electron chi connectivity index (χ3n) is 7.32. The molecule has 1 saturated heterocycles. The normalized spacial score (nSPS) is 18.1. The van der Waals surface area contributed by atoms with E-state index in [1.54, 1.807) is 11.3 Å². The monoisotopic (exact) mass is 479 g/mol. The van der Waals surface area contributed by atoms with Gasteiger partial charge in [-0.1, -0.05) is 30.3 Å². The van der Waals surface area contributed by atoms with E-state index in [0.717, 1.165) is 72.4 Å². The number of hydrogen-bond acceptors (Lipinski definition) is 5. The van der Waals surface area contributed by atoms with Crippen LogP contribution < -0.4 is 0 Å². The van der Waals surface area contributed by atoms with Gasteiger partial charge in [0, 0.05) is 37.3 Å². The van der Waals surface area contributed by atoms with Crippen molar-refractivity contribution >= 4 is 38.5 Å². The topological polar surface area (TPSA) is 63.9 Å². The molecule has 0 N–H and O–H groups in total. The third kappa shape index (κ3) is 3.80. The van der Waals surface area contributed by atoms with Crippen LogP contribution in [-0.2, 0) is 11.3 Å². The van der Waals surface area contributed by atoms with Gasteiger partial charge in [-0.05, 0) is 54.5 Å². The number of likely N-dealkylation sites (tertiary alicyclic amines) is 1. The summed E-state index contributed by atoms with van der Waals surface area (Å²) < 4.78 is 3.53. The Bertz CT molecular complexity index is 1550. The minimum Gasteiger partial charge on any atom is -0.342 e. The first-order chi connectivity index (χ1) is 17.2. The second kappa shape index (κ2) is 8.27. The summed E-state index contributed by atoms with van der Waals surface area (Å²) in [6, 6.07) is 17.1. The van der Waals surface area contributed by atoms with Crippen molar-refractivity contribution in [2.75, 3.05) is 13.1 Å². The number of aromatic nitrogens is 4. The van der Waals surface area contributed by atoms with Gasteiger partial charge in [-0.2, -0.15) is 0 Å². The van der Waals surface area contributed by atoms with E-state index in [0.29, 0.717) is 17.7 Å². The molecule has 1 amide bonds. The molecule has 0 bridgehead atoms. The smallest absolute Gasteiger partial charge is 0.225 e. The number of hydrogen-bond donors (Lipinski definition) is 0. The van der Waals surface area contributed by atoms with Crippen LogP contribution in [0.2, 0.25) is 0 Å². The van der Waals surface area contributed by atoms with E-state index < -0.39 is 0 Å². The van der Waals surface area contributed by atoms with Crippen molar-refractivity contribution in [3.05, 3.63) is 66.4 Å². The van der Waals surface area contributed by atoms with Gasteiger partial charge >= 0.3 is 0 Å². The van der Waals surface area contributed by atoms with Gasteiger partial charge in [0.2, 0.25) is 5.91 Å². The third-order valence-corrected chi connectivity index (χ3v) is 8.13. The highest BCUT2D eigenvalue weighted by atomic mass is 32.1. The maximum absolute atomic E-state index is 12.6. The summed E-state index contributed by atoms with van der Waals surface area (Å²) in [7, 11) is 0. The second-order valence-corrected chi connectivity index (χ2v) is 10.6. The van der Waals surface area contributed by atoms with Gasteiger partial charge in [0.1, 0.15) is 11.3 Å². The lowest BCUT2D eigenvalue weighted by Crippen LogP contribution is -2.30. The van der Waals surface area contributed by atoms with E-state index >= 15 is 0 Å². The molecule has 6 nitrogen and oxygen atoms in total. The zero-order chi connectivity index (χ0) is 23.4. The highest BCUT2D eigenvalue weighted by Crippen LogP contribution is 2.34. The fourth-order valence-electron chi connectivity index (χ4n) is 5.26. The van der Waals surface area contributed by atoms with E-state index in [2.05, 4.69) is 61.9 Å². The summed E-state index contributed by atoms with van der Waals surface area (Å²) in [5, 5.41) is 0. The van der Waals surface area contributed by atoms with E-state index in [-0.39, 0.29) is 0 Å². The van der Waals surface area contributed by atoms with Gasteiger partial charge in [0.05, 0.1) is 27.4 Å². The quantitative estimate of drug-likeness (QED) is 0.328. The number of carbonyl (C=O) groups is 1. The Labute approximate surface area is 207 Å². The van der Waals surface area contributed by atoms with E-state index in [9.17, 15) is 4.79 Å². The number of rotatable bonds is 5. The fourth-order valence-corrected chi connectivity index (χ4v) is 5.92. The lowest BCUT2D eigenvalue weighted by molar-refractivity contribution is -0.131. The van der Waals surface area contributed by atoms with Crippen molar-refractivity contribution in [1.29, 1.82) is 0 Å². The Hall–Kier alpha value is -3.58. The summed E-state index contributed by atoms with van der Waals surface area (Å²) in [4.78, 5) is 28.4. The first-order valence-electron chi connectivity index (χ1n) is 12.3. The van der Waals surface area contributed by atoms with Crippen LogP contribution in [0.4, 0.5) is 0 Å². The molecule has 1 saturated carbocycles. The Morgan fingerprint density at radius 1 is 0.971 bits per heavy atom. The van der Waals surface area contributed by atoms with E-state index in [1.807, 2.05) is 24.0 Å². The Morgan fingerprint density at radius 3 is 2.66 bits per heavy atom. The molecule has 4 heterocycles. The van der Waals surface area contributed by atoms with Crippen LogP contribution in [-0.4, -0.2) is 43.4 Å². The van der Waals surface area contributed by atoms with Crippen LogP contribution in [0.5, 0.6) is 0 Å². The highest BCUT2D eigenvalue weighted by molar-refractivity contribution is 7.16. The molecule has 174 valence electrons. The first-order valence-corrected chi connectivity index (χ1v) is 13.1. The molecule has 1 atom stereocenters. The number of fused-ring (bicyclic) bond motifs is 2. The minimum atomic E-state index is 0.291. The molecule has 1 aliphatic heterocycles. The molecule has 7 heteroatoms. The summed E-state index contributed by atoms with van der Waals surface area (Å²) in [5.74, 6) is 2.05. The van der Waals surface area contributed by atoms with Gasteiger partial charge in [-0.15, -0.1) is 11.3 Å². The van der Waals surface area contributed by atoms with Crippen molar-refractivity contribution in [3.63, 3.8) is 0 Å². The molecule has 7 rings (SSSR count). The number of carbonyl (C=O) groups excluding carboxylic acids is 1. The number of benzene rings is 2. The molecular weight excluding hydrogens is 454 g/mol. The average molecular weight is 480 g/mol. The molecular formula is C28H25N5OS. The summed E-state index contributed by atoms with van der Waals surface area (Å²) >= 11 is 1.66. The van der Waals surface area contributed by atoms with E-state index in [4.69, 9.17) is 4.98 Å². The zero-order valence-electron chi connectivity index (χ0n) is 19.3. The number of thiazole rings is 1. The number of imidazole rings is 1. The van der Waals surface area contributed by atoms with Gasteiger partial charge < -0.3 is 9.47 Å². The van der Waals surface area contributed by atoms with Gasteiger partial charge in [-0.25, -0.2) is 9.97 Å². The molecule has 0 unspecified atom stereocenters.